The molecule has 3 rings (SSSR count). The molecule has 2 aliphatic heterocycles. The lowest BCUT2D eigenvalue weighted by Crippen LogP contribution is -2.53. The zero-order valence-electron chi connectivity index (χ0n) is 13.6. The molecule has 0 aromatic carbocycles. The first-order valence-electron chi connectivity index (χ1n) is 8.63. The van der Waals surface area contributed by atoms with Gasteiger partial charge in [0.05, 0.1) is 12.7 Å². The minimum Gasteiger partial charge on any atom is -0.375 e. The molecule has 3 fully saturated rings. The number of nitrogens with one attached hydrogen (secondary N) is 1. The fraction of sp³-hybridized carbons (Fsp3) is 0.938. The number of aliphatic imine (C=N–C) groups is 1. The highest BCUT2D eigenvalue weighted by molar-refractivity contribution is 14.0. The highest BCUT2D eigenvalue weighted by atomic mass is 127. The van der Waals surface area contributed by atoms with E-state index in [2.05, 4.69) is 17.1 Å². The molecular formula is C16H30IN3O2. The van der Waals surface area contributed by atoms with E-state index >= 15 is 0 Å². The predicted octanol–water partition coefficient (Wildman–Crippen LogP) is 2.25. The first-order chi connectivity index (χ1) is 10.4. The van der Waals surface area contributed by atoms with Crippen molar-refractivity contribution in [3.8, 4) is 0 Å². The van der Waals surface area contributed by atoms with Gasteiger partial charge in [-0.1, -0.05) is 12.8 Å². The molecule has 5 nitrogen and oxygen atoms in total. The molecule has 0 bridgehead atoms. The molecule has 0 spiro atoms. The number of halogens is 1. The van der Waals surface area contributed by atoms with Gasteiger partial charge in [0.15, 0.2) is 5.96 Å². The maximum atomic E-state index is 5.92. The second-order valence-electron chi connectivity index (χ2n) is 6.37. The summed E-state index contributed by atoms with van der Waals surface area (Å²) in [5, 5.41) is 3.44. The van der Waals surface area contributed by atoms with Crippen LogP contribution in [0, 0.1) is 5.92 Å². The van der Waals surface area contributed by atoms with Crippen LogP contribution in [0.2, 0.25) is 0 Å². The molecular weight excluding hydrogens is 393 g/mol. The topological polar surface area (TPSA) is 46.1 Å². The summed E-state index contributed by atoms with van der Waals surface area (Å²) in [6.07, 6.45) is 6.84. The second kappa shape index (κ2) is 9.27. The number of ether oxygens (including phenoxy) is 2. The first-order valence-corrected chi connectivity index (χ1v) is 8.63. The molecule has 2 unspecified atom stereocenters. The van der Waals surface area contributed by atoms with Crippen molar-refractivity contribution in [3.05, 3.63) is 0 Å². The van der Waals surface area contributed by atoms with Gasteiger partial charge in [0.2, 0.25) is 0 Å². The normalized spacial score (nSPS) is 29.3. The Balaban J connectivity index is 0.00000176. The van der Waals surface area contributed by atoms with Crippen molar-refractivity contribution >= 4 is 29.9 Å². The van der Waals surface area contributed by atoms with E-state index in [1.165, 1.54) is 25.7 Å². The van der Waals surface area contributed by atoms with Crippen LogP contribution in [0.4, 0.5) is 0 Å². The van der Waals surface area contributed by atoms with Crippen LogP contribution in [0.15, 0.2) is 4.99 Å². The van der Waals surface area contributed by atoms with Gasteiger partial charge in [0, 0.05) is 32.8 Å². The summed E-state index contributed by atoms with van der Waals surface area (Å²) in [4.78, 5) is 7.17. The summed E-state index contributed by atoms with van der Waals surface area (Å²) in [7, 11) is 0. The number of guanidine groups is 1. The maximum Gasteiger partial charge on any atom is 0.194 e. The number of rotatable bonds is 5. The van der Waals surface area contributed by atoms with Crippen molar-refractivity contribution in [2.24, 2.45) is 10.9 Å². The zero-order valence-corrected chi connectivity index (χ0v) is 16.0. The molecule has 1 N–H and O–H groups in total. The van der Waals surface area contributed by atoms with Crippen molar-refractivity contribution in [1.82, 2.24) is 10.2 Å². The van der Waals surface area contributed by atoms with Crippen molar-refractivity contribution in [3.63, 3.8) is 0 Å². The molecule has 2 heterocycles. The van der Waals surface area contributed by atoms with Crippen LogP contribution in [0.3, 0.4) is 0 Å². The standard InChI is InChI=1S/C16H29N3O2.HI/c1-2-17-16(18-8-7-13-5-6-13)19-9-11-21-15(12-19)14-4-3-10-20-14;/h13-15H,2-12H2,1H3,(H,17,18);1H. The third-order valence-electron chi connectivity index (χ3n) is 4.60. The Morgan fingerprint density at radius 1 is 1.18 bits per heavy atom. The molecule has 0 aromatic rings. The highest BCUT2D eigenvalue weighted by Gasteiger charge is 2.32. The monoisotopic (exact) mass is 423 g/mol. The molecule has 128 valence electrons. The van der Waals surface area contributed by atoms with Crippen molar-refractivity contribution < 1.29 is 9.47 Å². The Bertz CT molecular complexity index is 357. The first kappa shape index (κ1) is 18.3. The summed E-state index contributed by atoms with van der Waals surface area (Å²) in [5.41, 5.74) is 0. The Labute approximate surface area is 151 Å². The van der Waals surface area contributed by atoms with E-state index in [0.717, 1.165) is 57.7 Å². The summed E-state index contributed by atoms with van der Waals surface area (Å²) in [6, 6.07) is 0. The fourth-order valence-electron chi connectivity index (χ4n) is 3.17. The Kier molecular flexibility index (Phi) is 7.70. The summed E-state index contributed by atoms with van der Waals surface area (Å²) in [5.74, 6) is 2.00. The van der Waals surface area contributed by atoms with Gasteiger partial charge in [-0.3, -0.25) is 4.99 Å². The van der Waals surface area contributed by atoms with Crippen LogP contribution in [0.1, 0.15) is 39.0 Å². The van der Waals surface area contributed by atoms with E-state index in [0.29, 0.717) is 0 Å². The molecule has 2 saturated heterocycles. The predicted molar refractivity (Wildman–Crippen MR) is 99.0 cm³/mol. The molecule has 2 atom stereocenters. The van der Waals surface area contributed by atoms with E-state index in [9.17, 15) is 0 Å². The Morgan fingerprint density at radius 2 is 2.00 bits per heavy atom. The largest absolute Gasteiger partial charge is 0.375 e. The van der Waals surface area contributed by atoms with E-state index in [1.807, 2.05) is 0 Å². The van der Waals surface area contributed by atoms with E-state index in [4.69, 9.17) is 14.5 Å². The molecule has 1 saturated carbocycles. The van der Waals surface area contributed by atoms with Gasteiger partial charge in [-0.05, 0) is 32.1 Å². The number of hydrogen-bond donors (Lipinski definition) is 1. The Morgan fingerprint density at radius 3 is 2.68 bits per heavy atom. The number of morpholine rings is 1. The molecule has 22 heavy (non-hydrogen) atoms. The van der Waals surface area contributed by atoms with Gasteiger partial charge in [0.1, 0.15) is 6.10 Å². The third kappa shape index (κ3) is 5.23. The third-order valence-corrected chi connectivity index (χ3v) is 4.60. The van der Waals surface area contributed by atoms with Gasteiger partial charge in [-0.15, -0.1) is 24.0 Å². The lowest BCUT2D eigenvalue weighted by atomic mass is 10.1. The summed E-state index contributed by atoms with van der Waals surface area (Å²) in [6.45, 7) is 7.50. The molecule has 3 aliphatic rings. The Hall–Kier alpha value is -0.0800. The van der Waals surface area contributed by atoms with Gasteiger partial charge in [0.25, 0.3) is 0 Å². The average Bonchev–Trinajstić information content (AvgIpc) is 3.17. The van der Waals surface area contributed by atoms with E-state index < -0.39 is 0 Å². The maximum absolute atomic E-state index is 5.92. The van der Waals surface area contributed by atoms with Crippen molar-refractivity contribution in [2.75, 3.05) is 39.4 Å². The van der Waals surface area contributed by atoms with Crippen LogP contribution >= 0.6 is 24.0 Å². The summed E-state index contributed by atoms with van der Waals surface area (Å²) >= 11 is 0. The minimum absolute atomic E-state index is 0. The number of nitrogens with zero attached hydrogens (tertiary/aromatic N) is 2. The highest BCUT2D eigenvalue weighted by Crippen LogP contribution is 2.32. The molecule has 0 radical (unpaired) electrons. The van der Waals surface area contributed by atoms with E-state index in [1.54, 1.807) is 0 Å². The molecule has 1 aliphatic carbocycles. The zero-order chi connectivity index (χ0) is 14.5. The summed E-state index contributed by atoms with van der Waals surface area (Å²) < 4.78 is 11.7. The number of hydrogen-bond acceptors (Lipinski definition) is 3. The van der Waals surface area contributed by atoms with Crippen LogP contribution in [0.25, 0.3) is 0 Å². The average molecular weight is 423 g/mol. The van der Waals surface area contributed by atoms with Gasteiger partial charge in [-0.2, -0.15) is 0 Å². The molecule has 0 amide bonds. The van der Waals surface area contributed by atoms with Crippen molar-refractivity contribution in [1.29, 1.82) is 0 Å². The van der Waals surface area contributed by atoms with Crippen LogP contribution < -0.4 is 5.32 Å². The fourth-order valence-corrected chi connectivity index (χ4v) is 3.17. The van der Waals surface area contributed by atoms with Crippen molar-refractivity contribution in [2.45, 2.75) is 51.2 Å². The SMILES string of the molecule is CCNC(=NCCC1CC1)N1CCOC(C2CCCO2)C1.I. The van der Waals surface area contributed by atoms with E-state index in [-0.39, 0.29) is 36.2 Å². The van der Waals surface area contributed by atoms with Crippen LogP contribution in [-0.2, 0) is 9.47 Å². The molecule has 6 heteroatoms. The van der Waals surface area contributed by atoms with Crippen LogP contribution in [0.5, 0.6) is 0 Å². The lowest BCUT2D eigenvalue weighted by Gasteiger charge is -2.37. The van der Waals surface area contributed by atoms with Crippen LogP contribution in [-0.4, -0.2) is 62.5 Å². The smallest absolute Gasteiger partial charge is 0.194 e. The van der Waals surface area contributed by atoms with Gasteiger partial charge in [-0.25, -0.2) is 0 Å². The minimum atomic E-state index is 0. The molecule has 0 aromatic heterocycles. The van der Waals surface area contributed by atoms with Gasteiger partial charge < -0.3 is 19.7 Å². The lowest BCUT2D eigenvalue weighted by molar-refractivity contribution is -0.0817. The second-order valence-corrected chi connectivity index (χ2v) is 6.37. The quantitative estimate of drug-likeness (QED) is 0.419. The van der Waals surface area contributed by atoms with Gasteiger partial charge >= 0.3 is 0 Å².